The number of aliphatic hydroxyl groups is 1. The number of rotatable bonds is 4. The molecule has 0 saturated heterocycles. The van der Waals surface area contributed by atoms with Crippen molar-refractivity contribution in [2.24, 2.45) is 5.73 Å². The molecule has 0 spiro atoms. The molecule has 0 saturated carbocycles. The van der Waals surface area contributed by atoms with Gasteiger partial charge in [0.25, 0.3) is 0 Å². The van der Waals surface area contributed by atoms with Crippen molar-refractivity contribution >= 4 is 17.5 Å². The van der Waals surface area contributed by atoms with Gasteiger partial charge in [-0.25, -0.2) is 0 Å². The number of primary amides is 1. The van der Waals surface area contributed by atoms with Gasteiger partial charge in [0.1, 0.15) is 5.75 Å². The van der Waals surface area contributed by atoms with E-state index in [1.54, 1.807) is 6.07 Å². The van der Waals surface area contributed by atoms with E-state index in [1.807, 2.05) is 0 Å². The lowest BCUT2D eigenvalue weighted by Crippen LogP contribution is -2.33. The SMILES string of the molecule is CC(O)(CC(N)=O)Cc1ccc2c(c1)C(=O)c1cccc(O)c1C2=O. The molecule has 6 heteroatoms. The van der Waals surface area contributed by atoms with Crippen molar-refractivity contribution in [1.29, 1.82) is 0 Å². The van der Waals surface area contributed by atoms with Crippen LogP contribution in [0.25, 0.3) is 0 Å². The van der Waals surface area contributed by atoms with Gasteiger partial charge in [0.05, 0.1) is 17.6 Å². The van der Waals surface area contributed by atoms with Gasteiger partial charge in [-0.1, -0.05) is 24.3 Å². The number of amides is 1. The Kier molecular flexibility index (Phi) is 3.93. The number of phenolic OH excluding ortho intramolecular Hbond substituents is 1. The summed E-state index contributed by atoms with van der Waals surface area (Å²) in [7, 11) is 0. The minimum Gasteiger partial charge on any atom is -0.507 e. The number of hydrogen-bond donors (Lipinski definition) is 3. The Hall–Kier alpha value is -2.99. The summed E-state index contributed by atoms with van der Waals surface area (Å²) in [6, 6.07) is 9.02. The van der Waals surface area contributed by atoms with Crippen LogP contribution >= 0.6 is 0 Å². The molecule has 6 nitrogen and oxygen atoms in total. The van der Waals surface area contributed by atoms with E-state index in [1.165, 1.54) is 37.3 Å². The Labute approximate surface area is 143 Å². The van der Waals surface area contributed by atoms with Gasteiger partial charge in [0, 0.05) is 23.1 Å². The van der Waals surface area contributed by atoms with Crippen LogP contribution < -0.4 is 5.73 Å². The van der Waals surface area contributed by atoms with Crippen molar-refractivity contribution in [3.63, 3.8) is 0 Å². The zero-order valence-corrected chi connectivity index (χ0v) is 13.6. The van der Waals surface area contributed by atoms with E-state index in [9.17, 15) is 24.6 Å². The quantitative estimate of drug-likeness (QED) is 0.663. The maximum Gasteiger partial charge on any atom is 0.220 e. The first-order valence-corrected chi connectivity index (χ1v) is 7.74. The van der Waals surface area contributed by atoms with Gasteiger partial charge in [0.2, 0.25) is 5.91 Å². The fourth-order valence-corrected chi connectivity index (χ4v) is 3.21. The summed E-state index contributed by atoms with van der Waals surface area (Å²) in [5.41, 5.74) is 4.97. The van der Waals surface area contributed by atoms with Crippen LogP contribution in [0.15, 0.2) is 36.4 Å². The Bertz CT molecular complexity index is 914. The topological polar surface area (TPSA) is 118 Å². The van der Waals surface area contributed by atoms with Gasteiger partial charge in [-0.05, 0) is 24.6 Å². The van der Waals surface area contributed by atoms with Crippen LogP contribution in [0.5, 0.6) is 5.75 Å². The highest BCUT2D eigenvalue weighted by molar-refractivity contribution is 6.29. The van der Waals surface area contributed by atoms with Crippen LogP contribution in [0.2, 0.25) is 0 Å². The zero-order valence-electron chi connectivity index (χ0n) is 13.6. The molecule has 0 fully saturated rings. The lowest BCUT2D eigenvalue weighted by molar-refractivity contribution is -0.122. The van der Waals surface area contributed by atoms with Crippen LogP contribution in [0, 0.1) is 0 Å². The minimum atomic E-state index is -1.35. The van der Waals surface area contributed by atoms with E-state index in [4.69, 9.17) is 5.73 Å². The molecule has 1 aliphatic rings. The first-order chi connectivity index (χ1) is 11.7. The molecule has 1 aliphatic carbocycles. The normalized spacial score (nSPS) is 15.3. The van der Waals surface area contributed by atoms with Crippen LogP contribution in [0.4, 0.5) is 0 Å². The third kappa shape index (κ3) is 3.04. The molecule has 3 rings (SSSR count). The fraction of sp³-hybridized carbons (Fsp3) is 0.211. The number of aromatic hydroxyl groups is 1. The fourth-order valence-electron chi connectivity index (χ4n) is 3.21. The molecule has 128 valence electrons. The summed E-state index contributed by atoms with van der Waals surface area (Å²) >= 11 is 0. The van der Waals surface area contributed by atoms with Crippen molar-refractivity contribution in [3.8, 4) is 5.75 Å². The van der Waals surface area contributed by atoms with E-state index < -0.39 is 17.3 Å². The van der Waals surface area contributed by atoms with E-state index in [2.05, 4.69) is 0 Å². The predicted molar refractivity (Wildman–Crippen MR) is 89.6 cm³/mol. The maximum absolute atomic E-state index is 12.7. The Morgan fingerprint density at radius 2 is 1.80 bits per heavy atom. The average molecular weight is 339 g/mol. The van der Waals surface area contributed by atoms with Crippen molar-refractivity contribution in [2.45, 2.75) is 25.4 Å². The summed E-state index contributed by atoms with van der Waals surface area (Å²) in [6.45, 7) is 1.48. The lowest BCUT2D eigenvalue weighted by atomic mass is 9.81. The molecule has 0 radical (unpaired) electrons. The van der Waals surface area contributed by atoms with Crippen LogP contribution in [0.1, 0.15) is 50.8 Å². The molecule has 0 heterocycles. The first kappa shape index (κ1) is 16.9. The van der Waals surface area contributed by atoms with Crippen molar-refractivity contribution in [2.75, 3.05) is 0 Å². The van der Waals surface area contributed by atoms with Crippen LogP contribution in [-0.2, 0) is 11.2 Å². The zero-order chi connectivity index (χ0) is 18.4. The van der Waals surface area contributed by atoms with Gasteiger partial charge in [-0.2, -0.15) is 0 Å². The number of ketones is 2. The highest BCUT2D eigenvalue weighted by atomic mass is 16.3. The highest BCUT2D eigenvalue weighted by Gasteiger charge is 2.32. The third-order valence-electron chi connectivity index (χ3n) is 4.23. The molecule has 2 aromatic carbocycles. The van der Waals surface area contributed by atoms with Crippen LogP contribution in [0.3, 0.4) is 0 Å². The number of carbonyl (C=O) groups is 3. The van der Waals surface area contributed by atoms with E-state index in [0.29, 0.717) is 5.56 Å². The average Bonchev–Trinajstić information content (AvgIpc) is 2.50. The summed E-state index contributed by atoms with van der Waals surface area (Å²) in [6.07, 6.45) is -0.106. The number of benzene rings is 2. The molecule has 1 unspecified atom stereocenters. The van der Waals surface area contributed by atoms with E-state index in [0.717, 1.165) is 0 Å². The number of fused-ring (bicyclic) bond motifs is 2. The van der Waals surface area contributed by atoms with Gasteiger partial charge in [-0.15, -0.1) is 0 Å². The molecule has 0 aliphatic heterocycles. The largest absolute Gasteiger partial charge is 0.507 e. The van der Waals surface area contributed by atoms with Crippen molar-refractivity contribution in [1.82, 2.24) is 0 Å². The van der Waals surface area contributed by atoms with Gasteiger partial charge in [0.15, 0.2) is 11.6 Å². The first-order valence-electron chi connectivity index (χ1n) is 7.74. The predicted octanol–water partition coefficient (Wildman–Crippen LogP) is 1.34. The Morgan fingerprint density at radius 1 is 1.08 bits per heavy atom. The molecular weight excluding hydrogens is 322 g/mol. The number of phenols is 1. The molecule has 25 heavy (non-hydrogen) atoms. The lowest BCUT2D eigenvalue weighted by Gasteiger charge is -2.23. The van der Waals surface area contributed by atoms with Gasteiger partial charge >= 0.3 is 0 Å². The third-order valence-corrected chi connectivity index (χ3v) is 4.23. The standard InChI is InChI=1S/C19H17NO5/c1-19(25,9-15(20)22)8-10-5-6-11-13(7-10)17(23)12-3-2-4-14(21)16(12)18(11)24/h2-7,21,25H,8-9H2,1H3,(H2,20,22). The summed E-state index contributed by atoms with van der Waals surface area (Å²) in [4.78, 5) is 36.3. The second-order valence-corrected chi connectivity index (χ2v) is 6.55. The van der Waals surface area contributed by atoms with Crippen molar-refractivity contribution in [3.05, 3.63) is 64.2 Å². The minimum absolute atomic E-state index is 0.00785. The molecule has 4 N–H and O–H groups in total. The van der Waals surface area contributed by atoms with Crippen molar-refractivity contribution < 1.29 is 24.6 Å². The van der Waals surface area contributed by atoms with Gasteiger partial charge in [-0.3, -0.25) is 14.4 Å². The molecule has 0 bridgehead atoms. The summed E-state index contributed by atoms with van der Waals surface area (Å²) < 4.78 is 0. The smallest absolute Gasteiger partial charge is 0.220 e. The summed E-state index contributed by atoms with van der Waals surface area (Å²) in [5.74, 6) is -1.64. The Balaban J connectivity index is 2.01. The van der Waals surface area contributed by atoms with E-state index >= 15 is 0 Å². The second-order valence-electron chi connectivity index (χ2n) is 6.55. The molecular formula is C19H17NO5. The molecule has 1 amide bonds. The number of nitrogens with two attached hydrogens (primary N) is 1. The van der Waals surface area contributed by atoms with Crippen LogP contribution in [-0.4, -0.2) is 33.3 Å². The monoisotopic (exact) mass is 339 g/mol. The maximum atomic E-state index is 12.7. The number of hydrogen-bond acceptors (Lipinski definition) is 5. The van der Waals surface area contributed by atoms with Gasteiger partial charge < -0.3 is 15.9 Å². The van der Waals surface area contributed by atoms with E-state index in [-0.39, 0.29) is 46.6 Å². The Morgan fingerprint density at radius 3 is 2.48 bits per heavy atom. The highest BCUT2D eigenvalue weighted by Crippen LogP contribution is 2.33. The summed E-state index contributed by atoms with van der Waals surface area (Å²) in [5, 5.41) is 20.2. The molecule has 2 aromatic rings. The second kappa shape index (κ2) is 5.82. The molecule has 1 atom stereocenters. The number of carbonyl (C=O) groups excluding carboxylic acids is 3. The molecule has 0 aromatic heterocycles.